The molecule has 0 saturated heterocycles. The van der Waals surface area contributed by atoms with E-state index >= 15 is 0 Å². The highest BCUT2D eigenvalue weighted by molar-refractivity contribution is 5.94. The van der Waals surface area contributed by atoms with Crippen LogP contribution in [0.2, 0.25) is 0 Å². The summed E-state index contributed by atoms with van der Waals surface area (Å²) in [5.41, 5.74) is 1.35. The van der Waals surface area contributed by atoms with Gasteiger partial charge in [-0.25, -0.2) is 0 Å². The summed E-state index contributed by atoms with van der Waals surface area (Å²) in [7, 11) is 0. The molecule has 2 rings (SSSR count). The van der Waals surface area contributed by atoms with Crippen molar-refractivity contribution in [2.45, 2.75) is 20.0 Å². The lowest BCUT2D eigenvalue weighted by atomic mass is 10.2. The lowest BCUT2D eigenvalue weighted by Gasteiger charge is -2.05. The number of aromatic nitrogens is 2. The van der Waals surface area contributed by atoms with Gasteiger partial charge in [0, 0.05) is 18.8 Å². The van der Waals surface area contributed by atoms with Crippen molar-refractivity contribution >= 4 is 5.91 Å². The zero-order valence-corrected chi connectivity index (χ0v) is 10.8. The van der Waals surface area contributed by atoms with Crippen LogP contribution in [0, 0.1) is 6.92 Å². The van der Waals surface area contributed by atoms with Crippen LogP contribution in [0.4, 0.5) is 0 Å². The lowest BCUT2D eigenvalue weighted by Crippen LogP contribution is -2.25. The molecule has 0 saturated carbocycles. The van der Waals surface area contributed by atoms with E-state index in [1.807, 2.05) is 19.1 Å². The second-order valence-corrected chi connectivity index (χ2v) is 4.15. The summed E-state index contributed by atoms with van der Waals surface area (Å²) >= 11 is 0. The van der Waals surface area contributed by atoms with Crippen molar-refractivity contribution in [3.05, 3.63) is 41.6 Å². The fourth-order valence-electron chi connectivity index (χ4n) is 1.62. The Bertz CT molecular complexity index is 505. The number of carbonyl (C=O) groups excluding carboxylic acids is 1. The van der Waals surface area contributed by atoms with E-state index < -0.39 is 0 Å². The molecule has 0 aliphatic rings. The van der Waals surface area contributed by atoms with Crippen molar-refractivity contribution in [3.63, 3.8) is 0 Å². The molecule has 2 aromatic rings. The second-order valence-electron chi connectivity index (χ2n) is 4.15. The molecule has 2 N–H and O–H groups in total. The highest BCUT2D eigenvalue weighted by Gasteiger charge is 2.09. The van der Waals surface area contributed by atoms with Crippen LogP contribution < -0.4 is 5.32 Å². The fraction of sp³-hybridized carbons (Fsp3) is 0.385. The number of aryl methyl sites for hydroxylation is 1. The maximum atomic E-state index is 11.7. The Hall–Kier alpha value is -2.08. The average molecular weight is 263 g/mol. The molecular formula is C13H17N3O3. The summed E-state index contributed by atoms with van der Waals surface area (Å²) in [6.45, 7) is 3.42. The number of furan rings is 1. The van der Waals surface area contributed by atoms with Crippen molar-refractivity contribution in [3.8, 4) is 0 Å². The van der Waals surface area contributed by atoms with Gasteiger partial charge in [-0.1, -0.05) is 0 Å². The van der Waals surface area contributed by atoms with Gasteiger partial charge in [0.15, 0.2) is 0 Å². The van der Waals surface area contributed by atoms with Crippen molar-refractivity contribution in [2.75, 3.05) is 13.2 Å². The van der Waals surface area contributed by atoms with E-state index in [1.54, 1.807) is 6.26 Å². The van der Waals surface area contributed by atoms with Gasteiger partial charge in [0.05, 0.1) is 18.0 Å². The normalized spacial score (nSPS) is 10.6. The summed E-state index contributed by atoms with van der Waals surface area (Å²) in [6, 6.07) is 3.69. The van der Waals surface area contributed by atoms with Gasteiger partial charge >= 0.3 is 0 Å². The predicted molar refractivity (Wildman–Crippen MR) is 68.6 cm³/mol. The minimum absolute atomic E-state index is 0.114. The third kappa shape index (κ3) is 3.96. The van der Waals surface area contributed by atoms with Crippen LogP contribution in [0.25, 0.3) is 0 Å². The summed E-state index contributed by atoms with van der Waals surface area (Å²) in [6.07, 6.45) is 3.90. The van der Waals surface area contributed by atoms with E-state index in [4.69, 9.17) is 9.15 Å². The number of amides is 1. The van der Waals surface area contributed by atoms with Gasteiger partial charge in [-0.15, -0.1) is 0 Å². The summed E-state index contributed by atoms with van der Waals surface area (Å²) in [5, 5.41) is 9.36. The van der Waals surface area contributed by atoms with Crippen LogP contribution >= 0.6 is 0 Å². The van der Waals surface area contributed by atoms with E-state index in [-0.39, 0.29) is 5.91 Å². The van der Waals surface area contributed by atoms with Gasteiger partial charge in [-0.3, -0.25) is 9.89 Å². The van der Waals surface area contributed by atoms with E-state index in [9.17, 15) is 4.79 Å². The van der Waals surface area contributed by atoms with Crippen LogP contribution in [0.15, 0.2) is 29.0 Å². The molecule has 2 heterocycles. The molecule has 0 bridgehead atoms. The monoisotopic (exact) mass is 263 g/mol. The van der Waals surface area contributed by atoms with E-state index in [0.717, 1.165) is 17.9 Å². The van der Waals surface area contributed by atoms with Gasteiger partial charge in [-0.2, -0.15) is 5.10 Å². The zero-order chi connectivity index (χ0) is 13.5. The molecular weight excluding hydrogens is 246 g/mol. The summed E-state index contributed by atoms with van der Waals surface area (Å²) in [5.74, 6) is 0.690. The first-order valence-electron chi connectivity index (χ1n) is 6.15. The number of aromatic amines is 1. The number of ether oxygens (including phenoxy) is 1. The summed E-state index contributed by atoms with van der Waals surface area (Å²) < 4.78 is 10.5. The molecule has 0 spiro atoms. The zero-order valence-electron chi connectivity index (χ0n) is 10.8. The molecule has 102 valence electrons. The fourth-order valence-corrected chi connectivity index (χ4v) is 1.62. The molecule has 19 heavy (non-hydrogen) atoms. The first-order chi connectivity index (χ1) is 9.27. The molecule has 0 aliphatic heterocycles. The number of nitrogens with zero attached hydrogens (tertiary/aromatic N) is 1. The third-order valence-electron chi connectivity index (χ3n) is 2.65. The molecule has 6 heteroatoms. The first-order valence-corrected chi connectivity index (χ1v) is 6.15. The first kappa shape index (κ1) is 13.4. The number of H-pyrrole nitrogens is 1. The van der Waals surface area contributed by atoms with E-state index in [1.165, 1.54) is 6.20 Å². The molecule has 0 unspecified atom stereocenters. The van der Waals surface area contributed by atoms with E-state index in [2.05, 4.69) is 15.5 Å². The van der Waals surface area contributed by atoms with Gasteiger partial charge in [0.2, 0.25) is 0 Å². The van der Waals surface area contributed by atoms with Gasteiger partial charge in [0.25, 0.3) is 5.91 Å². The molecule has 1 amide bonds. The standard InChI is InChI=1S/C13H17N3O3/c1-10-12(8-15-16-10)13(17)14-5-3-6-18-9-11-4-2-7-19-11/h2,4,7-8H,3,5-6,9H2,1H3,(H,14,17)(H,15,16). The maximum Gasteiger partial charge on any atom is 0.254 e. The van der Waals surface area contributed by atoms with Crippen LogP contribution in [-0.2, 0) is 11.3 Å². The van der Waals surface area contributed by atoms with E-state index in [0.29, 0.717) is 25.3 Å². The smallest absolute Gasteiger partial charge is 0.254 e. The number of nitrogens with one attached hydrogen (secondary N) is 2. The third-order valence-corrected chi connectivity index (χ3v) is 2.65. The predicted octanol–water partition coefficient (Wildman–Crippen LogP) is 1.65. The van der Waals surface area contributed by atoms with Gasteiger partial charge in [0.1, 0.15) is 12.4 Å². The SMILES string of the molecule is Cc1[nH]ncc1C(=O)NCCCOCc1ccco1. The van der Waals surface area contributed by atoms with Crippen molar-refractivity contribution < 1.29 is 13.9 Å². The Kier molecular flexibility index (Phi) is 4.74. The minimum atomic E-state index is -0.114. The number of carbonyl (C=O) groups is 1. The molecule has 0 aliphatic carbocycles. The largest absolute Gasteiger partial charge is 0.467 e. The second kappa shape index (κ2) is 6.75. The quantitative estimate of drug-likeness (QED) is 0.744. The Morgan fingerprint density at radius 1 is 1.58 bits per heavy atom. The topological polar surface area (TPSA) is 80.2 Å². The molecule has 0 aromatic carbocycles. The van der Waals surface area contributed by atoms with Crippen LogP contribution in [0.1, 0.15) is 28.2 Å². The number of hydrogen-bond donors (Lipinski definition) is 2. The summed E-state index contributed by atoms with van der Waals surface area (Å²) in [4.78, 5) is 11.7. The lowest BCUT2D eigenvalue weighted by molar-refractivity contribution is 0.0916. The molecule has 0 atom stereocenters. The van der Waals surface area contributed by atoms with Crippen LogP contribution in [0.3, 0.4) is 0 Å². The highest BCUT2D eigenvalue weighted by atomic mass is 16.5. The van der Waals surface area contributed by atoms with Crippen LogP contribution in [-0.4, -0.2) is 29.3 Å². The minimum Gasteiger partial charge on any atom is -0.467 e. The molecule has 6 nitrogen and oxygen atoms in total. The Morgan fingerprint density at radius 2 is 2.47 bits per heavy atom. The number of rotatable bonds is 7. The number of hydrogen-bond acceptors (Lipinski definition) is 4. The maximum absolute atomic E-state index is 11.7. The molecule has 0 fully saturated rings. The Balaban J connectivity index is 1.57. The Morgan fingerprint density at radius 3 is 3.16 bits per heavy atom. The highest BCUT2D eigenvalue weighted by Crippen LogP contribution is 2.03. The Labute approximate surface area is 111 Å². The average Bonchev–Trinajstić information content (AvgIpc) is 3.04. The van der Waals surface area contributed by atoms with Crippen molar-refractivity contribution in [1.29, 1.82) is 0 Å². The molecule has 0 radical (unpaired) electrons. The van der Waals surface area contributed by atoms with Crippen LogP contribution in [0.5, 0.6) is 0 Å². The van der Waals surface area contributed by atoms with Gasteiger partial charge in [-0.05, 0) is 25.5 Å². The van der Waals surface area contributed by atoms with Gasteiger partial charge < -0.3 is 14.5 Å². The van der Waals surface area contributed by atoms with Crippen molar-refractivity contribution in [1.82, 2.24) is 15.5 Å². The molecule has 2 aromatic heterocycles. The van der Waals surface area contributed by atoms with Crippen molar-refractivity contribution in [2.24, 2.45) is 0 Å².